The van der Waals surface area contributed by atoms with E-state index < -0.39 is 11.6 Å². The van der Waals surface area contributed by atoms with Gasteiger partial charge in [-0.3, -0.25) is 4.79 Å². The lowest BCUT2D eigenvalue weighted by atomic mass is 9.69. The third kappa shape index (κ3) is 3.09. The molecule has 0 unspecified atom stereocenters. The highest BCUT2D eigenvalue weighted by Gasteiger charge is 2.46. The van der Waals surface area contributed by atoms with Crippen molar-refractivity contribution >= 4 is 5.91 Å². The van der Waals surface area contributed by atoms with Crippen molar-refractivity contribution in [2.24, 2.45) is 0 Å². The first kappa shape index (κ1) is 16.4. The monoisotopic (exact) mass is 349 g/mol. The van der Waals surface area contributed by atoms with Crippen LogP contribution in [-0.4, -0.2) is 37.3 Å². The number of benzene rings is 2. The number of hydrogen-bond acceptors (Lipinski definition) is 5. The van der Waals surface area contributed by atoms with Crippen LogP contribution in [0.3, 0.4) is 0 Å². The summed E-state index contributed by atoms with van der Waals surface area (Å²) in [6, 6.07) is 19.2. The van der Waals surface area contributed by atoms with Gasteiger partial charge < -0.3 is 10.4 Å². The number of amides is 1. The fraction of sp³-hybridized carbons (Fsp3) is 0.263. The Morgan fingerprint density at radius 1 is 1.12 bits per heavy atom. The van der Waals surface area contributed by atoms with Gasteiger partial charge in [-0.1, -0.05) is 60.7 Å². The number of nitrogens with zero attached hydrogens (tertiary/aromatic N) is 4. The second kappa shape index (κ2) is 6.68. The van der Waals surface area contributed by atoms with Gasteiger partial charge in [0.05, 0.1) is 11.6 Å². The predicted octanol–water partition coefficient (Wildman–Crippen LogP) is 1.51. The molecule has 1 aliphatic carbocycles. The van der Waals surface area contributed by atoms with Crippen molar-refractivity contribution < 1.29 is 9.90 Å². The molecular weight excluding hydrogens is 330 g/mol. The van der Waals surface area contributed by atoms with Gasteiger partial charge >= 0.3 is 0 Å². The van der Waals surface area contributed by atoms with E-state index in [-0.39, 0.29) is 12.5 Å². The fourth-order valence-electron chi connectivity index (χ4n) is 3.46. The molecule has 0 bridgehead atoms. The normalized spacial score (nSPS) is 21.8. The molecule has 1 aromatic heterocycles. The quantitative estimate of drug-likeness (QED) is 0.728. The summed E-state index contributed by atoms with van der Waals surface area (Å²) in [5.74, 6) is 0.355. The van der Waals surface area contributed by atoms with Crippen LogP contribution in [0, 0.1) is 0 Å². The van der Waals surface area contributed by atoms with Crippen molar-refractivity contribution in [1.29, 1.82) is 0 Å². The Hall–Kier alpha value is -3.06. The highest BCUT2D eigenvalue weighted by Crippen LogP contribution is 2.41. The van der Waals surface area contributed by atoms with Crippen LogP contribution in [0.5, 0.6) is 0 Å². The van der Waals surface area contributed by atoms with E-state index in [9.17, 15) is 9.90 Å². The summed E-state index contributed by atoms with van der Waals surface area (Å²) in [5, 5.41) is 24.6. The van der Waals surface area contributed by atoms with Gasteiger partial charge in [0.2, 0.25) is 5.91 Å². The molecule has 2 N–H and O–H groups in total. The number of nitrogens with one attached hydrogen (secondary N) is 1. The van der Waals surface area contributed by atoms with E-state index in [0.29, 0.717) is 18.7 Å². The van der Waals surface area contributed by atoms with E-state index in [1.807, 2.05) is 60.7 Å². The number of hydrogen-bond donors (Lipinski definition) is 2. The summed E-state index contributed by atoms with van der Waals surface area (Å²) < 4.78 is 1.48. The zero-order valence-corrected chi connectivity index (χ0v) is 14.1. The van der Waals surface area contributed by atoms with Crippen molar-refractivity contribution in [3.63, 3.8) is 0 Å². The van der Waals surface area contributed by atoms with E-state index in [2.05, 4.69) is 20.8 Å². The third-order valence-corrected chi connectivity index (χ3v) is 4.73. The molecule has 1 aliphatic rings. The first-order valence-corrected chi connectivity index (χ1v) is 8.52. The SMILES string of the molecule is O=C(Cn1nnnc1-c1ccccc1)NC1(c2ccccc2)CC(O)C1. The predicted molar refractivity (Wildman–Crippen MR) is 94.8 cm³/mol. The Kier molecular flexibility index (Phi) is 4.22. The molecule has 0 aliphatic heterocycles. The molecule has 132 valence electrons. The van der Waals surface area contributed by atoms with Crippen LogP contribution in [0.1, 0.15) is 18.4 Å². The Balaban J connectivity index is 1.52. The topological polar surface area (TPSA) is 92.9 Å². The highest BCUT2D eigenvalue weighted by atomic mass is 16.3. The van der Waals surface area contributed by atoms with Gasteiger partial charge in [-0.05, 0) is 16.0 Å². The van der Waals surface area contributed by atoms with Gasteiger partial charge in [0.15, 0.2) is 5.82 Å². The largest absolute Gasteiger partial charge is 0.393 e. The fourth-order valence-corrected chi connectivity index (χ4v) is 3.46. The third-order valence-electron chi connectivity index (χ3n) is 4.73. The van der Waals surface area contributed by atoms with Crippen LogP contribution in [-0.2, 0) is 16.9 Å². The van der Waals surface area contributed by atoms with Crippen LogP contribution in [0.15, 0.2) is 60.7 Å². The van der Waals surface area contributed by atoms with Crippen LogP contribution in [0.4, 0.5) is 0 Å². The van der Waals surface area contributed by atoms with Crippen LogP contribution in [0.25, 0.3) is 11.4 Å². The molecule has 0 saturated heterocycles. The minimum absolute atomic E-state index is 0.0158. The summed E-state index contributed by atoms with van der Waals surface area (Å²) in [7, 11) is 0. The van der Waals surface area contributed by atoms with Gasteiger partial charge in [-0.25, -0.2) is 4.68 Å². The number of carbonyl (C=O) groups is 1. The molecular formula is C19H19N5O2. The van der Waals surface area contributed by atoms with E-state index >= 15 is 0 Å². The maximum absolute atomic E-state index is 12.7. The molecule has 4 rings (SSSR count). The first-order valence-electron chi connectivity index (χ1n) is 8.52. The molecule has 2 aromatic carbocycles. The second-order valence-electron chi connectivity index (χ2n) is 6.58. The number of aliphatic hydroxyl groups excluding tert-OH is 1. The number of rotatable bonds is 5. The molecule has 3 aromatic rings. The minimum atomic E-state index is -0.529. The Labute approximate surface area is 150 Å². The molecule has 7 nitrogen and oxygen atoms in total. The maximum atomic E-state index is 12.7. The molecule has 1 heterocycles. The summed E-state index contributed by atoms with van der Waals surface area (Å²) in [5.41, 5.74) is 1.32. The van der Waals surface area contributed by atoms with Crippen LogP contribution < -0.4 is 5.32 Å². The van der Waals surface area contributed by atoms with Crippen LogP contribution in [0.2, 0.25) is 0 Å². The molecule has 1 saturated carbocycles. The molecule has 0 radical (unpaired) electrons. The summed E-state index contributed by atoms with van der Waals surface area (Å²) in [4.78, 5) is 12.7. The second-order valence-corrected chi connectivity index (χ2v) is 6.58. The van der Waals surface area contributed by atoms with Crippen molar-refractivity contribution in [2.75, 3.05) is 0 Å². The number of tetrazole rings is 1. The molecule has 7 heteroatoms. The Bertz CT molecular complexity index is 889. The van der Waals surface area contributed by atoms with E-state index in [1.54, 1.807) is 0 Å². The van der Waals surface area contributed by atoms with Gasteiger partial charge in [0.1, 0.15) is 6.54 Å². The summed E-state index contributed by atoms with van der Waals surface area (Å²) in [6.45, 7) is 0.0158. The molecule has 1 fully saturated rings. The Morgan fingerprint density at radius 2 is 1.77 bits per heavy atom. The number of carbonyl (C=O) groups excluding carboxylic acids is 1. The highest BCUT2D eigenvalue weighted by molar-refractivity contribution is 5.77. The standard InChI is InChI=1S/C19H19N5O2/c25-16-11-19(12-16,15-9-5-2-6-10-15)20-17(26)13-24-18(21-22-23-24)14-7-3-1-4-8-14/h1-10,16,25H,11-13H2,(H,20,26). The average molecular weight is 349 g/mol. The molecule has 0 atom stereocenters. The molecule has 1 amide bonds. The smallest absolute Gasteiger partial charge is 0.242 e. The van der Waals surface area contributed by atoms with E-state index in [0.717, 1.165) is 11.1 Å². The van der Waals surface area contributed by atoms with Crippen molar-refractivity contribution in [2.45, 2.75) is 31.0 Å². The van der Waals surface area contributed by atoms with Gasteiger partial charge in [0, 0.05) is 18.4 Å². The van der Waals surface area contributed by atoms with Crippen LogP contribution >= 0.6 is 0 Å². The van der Waals surface area contributed by atoms with Gasteiger partial charge in [-0.15, -0.1) is 5.10 Å². The number of aliphatic hydroxyl groups is 1. The average Bonchev–Trinajstić information content (AvgIpc) is 3.09. The van der Waals surface area contributed by atoms with Gasteiger partial charge in [-0.2, -0.15) is 0 Å². The minimum Gasteiger partial charge on any atom is -0.393 e. The lowest BCUT2D eigenvalue weighted by Gasteiger charge is -2.46. The van der Waals surface area contributed by atoms with Crippen molar-refractivity contribution in [3.8, 4) is 11.4 Å². The molecule has 26 heavy (non-hydrogen) atoms. The van der Waals surface area contributed by atoms with E-state index in [1.165, 1.54) is 4.68 Å². The van der Waals surface area contributed by atoms with Crippen molar-refractivity contribution in [3.05, 3.63) is 66.2 Å². The lowest BCUT2D eigenvalue weighted by Crippen LogP contribution is -2.57. The maximum Gasteiger partial charge on any atom is 0.242 e. The lowest BCUT2D eigenvalue weighted by molar-refractivity contribution is -0.127. The summed E-state index contributed by atoms with van der Waals surface area (Å²) >= 11 is 0. The molecule has 0 spiro atoms. The summed E-state index contributed by atoms with van der Waals surface area (Å²) in [6.07, 6.45) is 0.608. The zero-order chi connectivity index (χ0) is 18.0. The van der Waals surface area contributed by atoms with Gasteiger partial charge in [0.25, 0.3) is 0 Å². The first-order chi connectivity index (χ1) is 12.7. The number of aromatic nitrogens is 4. The zero-order valence-electron chi connectivity index (χ0n) is 14.1. The van der Waals surface area contributed by atoms with E-state index in [4.69, 9.17) is 0 Å². The van der Waals surface area contributed by atoms with Crippen molar-refractivity contribution in [1.82, 2.24) is 25.5 Å². The Morgan fingerprint density at radius 3 is 2.42 bits per heavy atom.